The third kappa shape index (κ3) is 2.62. The zero-order chi connectivity index (χ0) is 16.8. The van der Waals surface area contributed by atoms with Gasteiger partial charge in [-0.1, -0.05) is 0 Å². The molecule has 1 amide bonds. The summed E-state index contributed by atoms with van der Waals surface area (Å²) in [4.78, 5) is 21.9. The summed E-state index contributed by atoms with van der Waals surface area (Å²) in [7, 11) is 0. The molecule has 4 rings (SSSR count). The fraction of sp³-hybridized carbons (Fsp3) is 0.353. The highest BCUT2D eigenvalue weighted by atomic mass is 32.1. The smallest absolute Gasteiger partial charge is 0.221 e. The lowest BCUT2D eigenvalue weighted by atomic mass is 9.95. The highest BCUT2D eigenvalue weighted by molar-refractivity contribution is 7.23. The molecular weight excluding hydrogens is 340 g/mol. The lowest BCUT2D eigenvalue weighted by Gasteiger charge is -2.26. The van der Waals surface area contributed by atoms with Gasteiger partial charge in [-0.3, -0.25) is 9.78 Å². The standard InChI is InChI=1S/C17H18N4OS2/c1-8-6-11-14(17-21-12-7-18-5-4-13(12)23-17)16(20-10(3)22)24-15(11)9(2)19-8/h4-5,7-9,19H,6H2,1-3H3,(H,20,22)/t8-,9-/m0/s1. The van der Waals surface area contributed by atoms with Crippen LogP contribution in [-0.2, 0) is 11.2 Å². The van der Waals surface area contributed by atoms with Crippen molar-refractivity contribution in [3.05, 3.63) is 28.9 Å². The van der Waals surface area contributed by atoms with E-state index in [0.717, 1.165) is 32.2 Å². The quantitative estimate of drug-likeness (QED) is 0.727. The van der Waals surface area contributed by atoms with Crippen molar-refractivity contribution in [3.63, 3.8) is 0 Å². The number of nitrogens with zero attached hydrogens (tertiary/aromatic N) is 2. The first-order valence-electron chi connectivity index (χ1n) is 7.93. The first kappa shape index (κ1) is 15.7. The monoisotopic (exact) mass is 358 g/mol. The highest BCUT2D eigenvalue weighted by Gasteiger charge is 2.30. The molecule has 24 heavy (non-hydrogen) atoms. The number of aromatic nitrogens is 2. The van der Waals surface area contributed by atoms with Gasteiger partial charge in [-0.05, 0) is 31.9 Å². The van der Waals surface area contributed by atoms with E-state index in [-0.39, 0.29) is 11.9 Å². The molecule has 4 heterocycles. The highest BCUT2D eigenvalue weighted by Crippen LogP contribution is 2.47. The van der Waals surface area contributed by atoms with Crippen LogP contribution in [0.3, 0.4) is 0 Å². The van der Waals surface area contributed by atoms with Gasteiger partial charge < -0.3 is 10.6 Å². The molecule has 7 heteroatoms. The summed E-state index contributed by atoms with van der Waals surface area (Å²) >= 11 is 3.32. The predicted octanol–water partition coefficient (Wildman–Crippen LogP) is 3.97. The third-order valence-corrected chi connectivity index (χ3v) is 6.55. The Bertz CT molecular complexity index is 897. The molecule has 0 saturated carbocycles. The lowest BCUT2D eigenvalue weighted by molar-refractivity contribution is -0.114. The van der Waals surface area contributed by atoms with Crippen molar-refractivity contribution in [2.75, 3.05) is 5.32 Å². The molecule has 0 spiro atoms. The van der Waals surface area contributed by atoms with E-state index in [1.807, 2.05) is 6.07 Å². The van der Waals surface area contributed by atoms with Crippen molar-refractivity contribution in [1.82, 2.24) is 15.3 Å². The second kappa shape index (κ2) is 5.91. The summed E-state index contributed by atoms with van der Waals surface area (Å²) < 4.78 is 1.11. The molecular formula is C17H18N4OS2. The Kier molecular flexibility index (Phi) is 3.86. The van der Waals surface area contributed by atoms with E-state index in [2.05, 4.69) is 29.5 Å². The number of thiazole rings is 1. The maximum atomic E-state index is 11.7. The van der Waals surface area contributed by atoms with Crippen LogP contribution in [-0.4, -0.2) is 21.9 Å². The molecule has 0 aliphatic carbocycles. The zero-order valence-corrected chi connectivity index (χ0v) is 15.3. The average molecular weight is 358 g/mol. The molecule has 0 saturated heterocycles. The maximum absolute atomic E-state index is 11.7. The Labute approximate surface area is 148 Å². The normalized spacial score (nSPS) is 20.1. The number of rotatable bonds is 2. The molecule has 0 radical (unpaired) electrons. The molecule has 2 atom stereocenters. The molecule has 1 aliphatic heterocycles. The van der Waals surface area contributed by atoms with E-state index in [0.29, 0.717) is 6.04 Å². The van der Waals surface area contributed by atoms with Crippen LogP contribution >= 0.6 is 22.7 Å². The van der Waals surface area contributed by atoms with Crippen molar-refractivity contribution in [2.45, 2.75) is 39.3 Å². The van der Waals surface area contributed by atoms with Gasteiger partial charge in [0.1, 0.15) is 15.5 Å². The summed E-state index contributed by atoms with van der Waals surface area (Å²) in [5, 5.41) is 8.45. The lowest BCUT2D eigenvalue weighted by Crippen LogP contribution is -2.35. The van der Waals surface area contributed by atoms with Gasteiger partial charge in [0, 0.05) is 35.6 Å². The summed E-state index contributed by atoms with van der Waals surface area (Å²) in [6.07, 6.45) is 4.52. The van der Waals surface area contributed by atoms with Crippen LogP contribution in [0.5, 0.6) is 0 Å². The number of nitrogens with one attached hydrogen (secondary N) is 2. The Balaban J connectivity index is 1.93. The minimum atomic E-state index is -0.0497. The number of amides is 1. The number of thiophene rings is 1. The van der Waals surface area contributed by atoms with Crippen molar-refractivity contribution in [3.8, 4) is 10.6 Å². The van der Waals surface area contributed by atoms with E-state index in [4.69, 9.17) is 4.98 Å². The third-order valence-electron chi connectivity index (χ3n) is 4.17. The Morgan fingerprint density at radius 3 is 2.96 bits per heavy atom. The van der Waals surface area contributed by atoms with Gasteiger partial charge in [-0.15, -0.1) is 22.7 Å². The number of pyridine rings is 1. The topological polar surface area (TPSA) is 66.9 Å². The summed E-state index contributed by atoms with van der Waals surface area (Å²) in [5.74, 6) is -0.0497. The number of anilines is 1. The second-order valence-electron chi connectivity index (χ2n) is 6.19. The summed E-state index contributed by atoms with van der Waals surface area (Å²) in [6, 6.07) is 2.67. The van der Waals surface area contributed by atoms with Gasteiger partial charge in [0.25, 0.3) is 0 Å². The maximum Gasteiger partial charge on any atom is 0.221 e. The van der Waals surface area contributed by atoms with Crippen LogP contribution in [0.4, 0.5) is 5.00 Å². The minimum Gasteiger partial charge on any atom is -0.317 e. The van der Waals surface area contributed by atoms with Gasteiger partial charge in [-0.25, -0.2) is 4.98 Å². The Morgan fingerprint density at radius 2 is 2.21 bits per heavy atom. The first-order valence-corrected chi connectivity index (χ1v) is 9.56. The fourth-order valence-corrected chi connectivity index (χ4v) is 5.63. The number of carbonyl (C=O) groups is 1. The second-order valence-corrected chi connectivity index (χ2v) is 8.27. The van der Waals surface area contributed by atoms with E-state index < -0.39 is 0 Å². The Morgan fingerprint density at radius 1 is 1.38 bits per heavy atom. The van der Waals surface area contributed by atoms with Crippen LogP contribution in [0, 0.1) is 0 Å². The van der Waals surface area contributed by atoms with Crippen molar-refractivity contribution in [1.29, 1.82) is 0 Å². The van der Waals surface area contributed by atoms with Crippen LogP contribution in [0.1, 0.15) is 37.3 Å². The van der Waals surface area contributed by atoms with E-state index in [1.165, 1.54) is 10.4 Å². The van der Waals surface area contributed by atoms with Crippen molar-refractivity contribution < 1.29 is 4.79 Å². The molecule has 5 nitrogen and oxygen atoms in total. The summed E-state index contributed by atoms with van der Waals surface area (Å²) in [6.45, 7) is 5.92. The fourth-order valence-electron chi connectivity index (χ4n) is 3.26. The first-order chi connectivity index (χ1) is 11.5. The van der Waals surface area contributed by atoms with Gasteiger partial charge in [-0.2, -0.15) is 0 Å². The SMILES string of the molecule is CC(=O)Nc1sc2c(c1-c1nc3cnccc3s1)C[C@H](C)N[C@H]2C. The van der Waals surface area contributed by atoms with Crippen LogP contribution in [0.2, 0.25) is 0 Å². The molecule has 3 aromatic heterocycles. The minimum absolute atomic E-state index is 0.0497. The van der Waals surface area contributed by atoms with Gasteiger partial charge in [0.05, 0.1) is 10.9 Å². The van der Waals surface area contributed by atoms with E-state index in [1.54, 1.807) is 42.0 Å². The van der Waals surface area contributed by atoms with Crippen LogP contribution in [0.25, 0.3) is 20.8 Å². The van der Waals surface area contributed by atoms with E-state index >= 15 is 0 Å². The zero-order valence-electron chi connectivity index (χ0n) is 13.7. The van der Waals surface area contributed by atoms with Crippen LogP contribution < -0.4 is 10.6 Å². The number of carbonyl (C=O) groups excluding carboxylic acids is 1. The van der Waals surface area contributed by atoms with E-state index in [9.17, 15) is 4.79 Å². The van der Waals surface area contributed by atoms with Crippen LogP contribution in [0.15, 0.2) is 18.5 Å². The van der Waals surface area contributed by atoms with Crippen molar-refractivity contribution >= 4 is 43.8 Å². The molecule has 2 N–H and O–H groups in total. The number of fused-ring (bicyclic) bond motifs is 2. The number of hydrogen-bond donors (Lipinski definition) is 2. The molecule has 0 fully saturated rings. The molecule has 124 valence electrons. The van der Waals surface area contributed by atoms with Gasteiger partial charge >= 0.3 is 0 Å². The van der Waals surface area contributed by atoms with Gasteiger partial charge in [0.15, 0.2) is 0 Å². The van der Waals surface area contributed by atoms with Crippen molar-refractivity contribution in [2.24, 2.45) is 0 Å². The molecule has 0 aromatic carbocycles. The van der Waals surface area contributed by atoms with Gasteiger partial charge in [0.2, 0.25) is 5.91 Å². The molecule has 0 unspecified atom stereocenters. The average Bonchev–Trinajstić information content (AvgIpc) is 3.07. The largest absolute Gasteiger partial charge is 0.317 e. The summed E-state index contributed by atoms with van der Waals surface area (Å²) in [5.41, 5.74) is 3.31. The Hall–Kier alpha value is -1.83. The molecule has 1 aliphatic rings. The predicted molar refractivity (Wildman–Crippen MR) is 99.7 cm³/mol. The molecule has 3 aromatic rings. The molecule has 0 bridgehead atoms. The number of hydrogen-bond acceptors (Lipinski definition) is 6.